The van der Waals surface area contributed by atoms with Crippen molar-refractivity contribution in [1.82, 2.24) is 9.47 Å². The number of hydrogen-bond donors (Lipinski definition) is 0. The Bertz CT molecular complexity index is 1060. The second-order valence-corrected chi connectivity index (χ2v) is 7.89. The van der Waals surface area contributed by atoms with Gasteiger partial charge >= 0.3 is 5.97 Å². The SMILES string of the molecule is COCCCN1C(=O)C(=Cc2cc(C)n(-c3ccc(Cl)cc3)c2C)C(C(=O)OC)=C1C. The van der Waals surface area contributed by atoms with Gasteiger partial charge in [-0.2, -0.15) is 0 Å². The number of hydrogen-bond acceptors (Lipinski definition) is 4. The Hall–Kier alpha value is -2.83. The lowest BCUT2D eigenvalue weighted by molar-refractivity contribution is -0.136. The first kappa shape index (κ1) is 22.8. The highest BCUT2D eigenvalue weighted by atomic mass is 35.5. The molecule has 0 bridgehead atoms. The second kappa shape index (κ2) is 9.54. The minimum atomic E-state index is -0.516. The summed E-state index contributed by atoms with van der Waals surface area (Å²) in [5.41, 5.74) is 5.06. The van der Waals surface area contributed by atoms with Crippen LogP contribution >= 0.6 is 11.6 Å². The van der Waals surface area contributed by atoms with E-state index in [-0.39, 0.29) is 5.91 Å². The molecule has 0 fully saturated rings. The van der Waals surface area contributed by atoms with Gasteiger partial charge in [0.25, 0.3) is 5.91 Å². The van der Waals surface area contributed by atoms with Crippen LogP contribution in [0, 0.1) is 13.8 Å². The van der Waals surface area contributed by atoms with Crippen molar-refractivity contribution < 1.29 is 19.1 Å². The van der Waals surface area contributed by atoms with E-state index in [0.717, 1.165) is 22.6 Å². The summed E-state index contributed by atoms with van der Waals surface area (Å²) in [6, 6.07) is 9.58. The summed E-state index contributed by atoms with van der Waals surface area (Å²) >= 11 is 6.03. The summed E-state index contributed by atoms with van der Waals surface area (Å²) in [5, 5.41) is 0.669. The number of carbonyl (C=O) groups is 2. The monoisotopic (exact) mass is 442 g/mol. The number of allylic oxidation sites excluding steroid dienone is 1. The lowest BCUT2D eigenvalue weighted by Gasteiger charge is -2.17. The van der Waals surface area contributed by atoms with E-state index in [4.69, 9.17) is 21.1 Å². The molecule has 1 aromatic carbocycles. The van der Waals surface area contributed by atoms with Gasteiger partial charge in [-0.15, -0.1) is 0 Å². The number of amides is 1. The van der Waals surface area contributed by atoms with Gasteiger partial charge in [0.05, 0.1) is 18.3 Å². The van der Waals surface area contributed by atoms with E-state index >= 15 is 0 Å². The number of aromatic nitrogens is 1. The standard InChI is InChI=1S/C24H27ClN2O4/c1-15-13-18(16(2)27(15)20-9-7-19(25)8-10-20)14-21-22(24(29)31-5)17(3)26(23(21)28)11-6-12-30-4/h7-10,13-14H,6,11-12H2,1-5H3. The summed E-state index contributed by atoms with van der Waals surface area (Å²) < 4.78 is 12.2. The predicted octanol–water partition coefficient (Wildman–Crippen LogP) is 4.46. The molecule has 1 aliphatic rings. The Labute approximate surface area is 187 Å². The van der Waals surface area contributed by atoms with Crippen LogP contribution in [0.25, 0.3) is 11.8 Å². The van der Waals surface area contributed by atoms with Crippen LogP contribution in [0.3, 0.4) is 0 Å². The third kappa shape index (κ3) is 4.45. The van der Waals surface area contributed by atoms with Gasteiger partial charge in [0, 0.05) is 48.1 Å². The third-order valence-corrected chi connectivity index (χ3v) is 5.74. The van der Waals surface area contributed by atoms with Gasteiger partial charge in [-0.25, -0.2) is 4.79 Å². The van der Waals surface area contributed by atoms with Crippen LogP contribution in [-0.4, -0.2) is 48.7 Å². The first-order valence-electron chi connectivity index (χ1n) is 10.1. The molecule has 0 aliphatic carbocycles. The highest BCUT2D eigenvalue weighted by Gasteiger charge is 2.36. The topological polar surface area (TPSA) is 60.8 Å². The van der Waals surface area contributed by atoms with Crippen LogP contribution in [-0.2, 0) is 19.1 Å². The lowest BCUT2D eigenvalue weighted by atomic mass is 10.0. The molecule has 0 saturated heterocycles. The average Bonchev–Trinajstić information content (AvgIpc) is 3.15. The molecule has 2 heterocycles. The molecule has 0 N–H and O–H groups in total. The first-order valence-corrected chi connectivity index (χ1v) is 10.4. The molecule has 1 aromatic heterocycles. The molecule has 6 nitrogen and oxygen atoms in total. The van der Waals surface area contributed by atoms with Crippen molar-refractivity contribution in [3.8, 4) is 5.69 Å². The maximum Gasteiger partial charge on any atom is 0.340 e. The maximum atomic E-state index is 13.2. The summed E-state index contributed by atoms with van der Waals surface area (Å²) in [5.74, 6) is -0.719. The highest BCUT2D eigenvalue weighted by Crippen LogP contribution is 2.33. The Balaban J connectivity index is 2.05. The van der Waals surface area contributed by atoms with Crippen molar-refractivity contribution in [3.05, 3.63) is 69.1 Å². The molecule has 0 atom stereocenters. The number of methoxy groups -OCH3 is 2. The molecule has 1 amide bonds. The number of ether oxygens (including phenoxy) is 2. The van der Waals surface area contributed by atoms with Crippen molar-refractivity contribution in [1.29, 1.82) is 0 Å². The van der Waals surface area contributed by atoms with Crippen molar-refractivity contribution in [2.24, 2.45) is 0 Å². The normalized spacial score (nSPS) is 15.4. The summed E-state index contributed by atoms with van der Waals surface area (Å²) in [6.45, 7) is 6.76. The van der Waals surface area contributed by atoms with Gasteiger partial charge in [-0.3, -0.25) is 4.79 Å². The zero-order chi connectivity index (χ0) is 22.7. The fourth-order valence-corrected chi connectivity index (χ4v) is 4.07. The van der Waals surface area contributed by atoms with Gasteiger partial charge in [-0.05, 0) is 69.2 Å². The molecule has 0 saturated carbocycles. The molecule has 31 heavy (non-hydrogen) atoms. The minimum Gasteiger partial charge on any atom is -0.465 e. The Morgan fingerprint density at radius 1 is 1.13 bits per heavy atom. The van der Waals surface area contributed by atoms with Gasteiger partial charge in [-0.1, -0.05) is 11.6 Å². The lowest BCUT2D eigenvalue weighted by Crippen LogP contribution is -2.26. The predicted molar refractivity (Wildman–Crippen MR) is 121 cm³/mol. The molecule has 3 rings (SSSR count). The molecular weight excluding hydrogens is 416 g/mol. The van der Waals surface area contributed by atoms with Crippen LogP contribution in [0.2, 0.25) is 5.02 Å². The molecule has 1 aliphatic heterocycles. The van der Waals surface area contributed by atoms with E-state index in [9.17, 15) is 9.59 Å². The number of carbonyl (C=O) groups excluding carboxylic acids is 2. The van der Waals surface area contributed by atoms with Crippen LogP contribution in [0.4, 0.5) is 0 Å². The van der Waals surface area contributed by atoms with Crippen LogP contribution in [0.5, 0.6) is 0 Å². The van der Waals surface area contributed by atoms with E-state index in [1.807, 2.05) is 44.2 Å². The minimum absolute atomic E-state index is 0.203. The largest absolute Gasteiger partial charge is 0.465 e. The maximum absolute atomic E-state index is 13.2. The molecule has 2 aromatic rings. The number of halogens is 1. The fraction of sp³-hybridized carbons (Fsp3) is 0.333. The summed E-state index contributed by atoms with van der Waals surface area (Å²) in [6.07, 6.45) is 2.45. The van der Waals surface area contributed by atoms with Crippen LogP contribution in [0.1, 0.15) is 30.3 Å². The number of benzene rings is 1. The fourth-order valence-electron chi connectivity index (χ4n) is 3.94. The molecule has 0 unspecified atom stereocenters. The number of rotatable bonds is 7. The van der Waals surface area contributed by atoms with E-state index in [2.05, 4.69) is 4.57 Å². The van der Waals surface area contributed by atoms with Crippen molar-refractivity contribution in [3.63, 3.8) is 0 Å². The highest BCUT2D eigenvalue weighted by molar-refractivity contribution is 6.30. The Morgan fingerprint density at radius 3 is 2.42 bits per heavy atom. The Morgan fingerprint density at radius 2 is 1.81 bits per heavy atom. The van der Waals surface area contributed by atoms with E-state index in [1.54, 1.807) is 25.0 Å². The summed E-state index contributed by atoms with van der Waals surface area (Å²) in [7, 11) is 2.95. The van der Waals surface area contributed by atoms with Gasteiger partial charge in [0.2, 0.25) is 0 Å². The molecule has 7 heteroatoms. The molecule has 164 valence electrons. The van der Waals surface area contributed by atoms with Gasteiger partial charge in [0.15, 0.2) is 0 Å². The zero-order valence-corrected chi connectivity index (χ0v) is 19.2. The Kier molecular flexibility index (Phi) is 7.03. The smallest absolute Gasteiger partial charge is 0.340 e. The molecule has 0 radical (unpaired) electrons. The van der Waals surface area contributed by atoms with E-state index in [0.29, 0.717) is 41.4 Å². The number of esters is 1. The van der Waals surface area contributed by atoms with Gasteiger partial charge < -0.3 is 18.9 Å². The first-order chi connectivity index (χ1) is 14.8. The van der Waals surface area contributed by atoms with E-state index in [1.165, 1.54) is 7.11 Å². The summed E-state index contributed by atoms with van der Waals surface area (Å²) in [4.78, 5) is 27.3. The van der Waals surface area contributed by atoms with Gasteiger partial charge in [0.1, 0.15) is 0 Å². The second-order valence-electron chi connectivity index (χ2n) is 7.45. The number of aryl methyl sites for hydroxylation is 1. The number of nitrogens with zero attached hydrogens (tertiary/aromatic N) is 2. The van der Waals surface area contributed by atoms with Crippen molar-refractivity contribution in [2.45, 2.75) is 27.2 Å². The van der Waals surface area contributed by atoms with Crippen LogP contribution in [0.15, 0.2) is 47.2 Å². The molecule has 0 spiro atoms. The third-order valence-electron chi connectivity index (χ3n) is 5.49. The quantitative estimate of drug-likeness (QED) is 0.361. The van der Waals surface area contributed by atoms with E-state index < -0.39 is 5.97 Å². The average molecular weight is 443 g/mol. The molecular formula is C24H27ClN2O4. The zero-order valence-electron chi connectivity index (χ0n) is 18.5. The van der Waals surface area contributed by atoms with Crippen molar-refractivity contribution in [2.75, 3.05) is 27.4 Å². The van der Waals surface area contributed by atoms with Crippen LogP contribution < -0.4 is 0 Å². The van der Waals surface area contributed by atoms with Crippen molar-refractivity contribution >= 4 is 29.6 Å².